The Bertz CT molecular complexity index is 1180. The SMILES string of the molecule is COc1ccc(N=C2SC(C(=O)Nc3ccc(Cl)cc3)CC(=O)N2CCCc2ccccc2)cc1. The maximum absolute atomic E-state index is 13.2. The Morgan fingerprint density at radius 3 is 2.49 bits per heavy atom. The molecule has 180 valence electrons. The Kier molecular flexibility index (Phi) is 8.45. The summed E-state index contributed by atoms with van der Waals surface area (Å²) in [5.74, 6) is 0.374. The number of ether oxygens (including phenoxy) is 1. The van der Waals surface area contributed by atoms with Crippen molar-refractivity contribution in [3.8, 4) is 5.75 Å². The lowest BCUT2D eigenvalue weighted by Gasteiger charge is -2.32. The van der Waals surface area contributed by atoms with E-state index < -0.39 is 5.25 Å². The van der Waals surface area contributed by atoms with Crippen LogP contribution >= 0.6 is 23.4 Å². The van der Waals surface area contributed by atoms with Gasteiger partial charge in [-0.2, -0.15) is 0 Å². The van der Waals surface area contributed by atoms with Gasteiger partial charge in [0.1, 0.15) is 11.0 Å². The third kappa shape index (κ3) is 6.87. The summed E-state index contributed by atoms with van der Waals surface area (Å²) in [6, 6.07) is 24.4. The number of carbonyl (C=O) groups excluding carboxylic acids is 2. The summed E-state index contributed by atoms with van der Waals surface area (Å²) in [7, 11) is 1.61. The van der Waals surface area contributed by atoms with Crippen molar-refractivity contribution >= 4 is 51.7 Å². The van der Waals surface area contributed by atoms with Crippen molar-refractivity contribution in [2.75, 3.05) is 19.0 Å². The van der Waals surface area contributed by atoms with Crippen molar-refractivity contribution in [1.82, 2.24) is 4.90 Å². The van der Waals surface area contributed by atoms with Crippen LogP contribution < -0.4 is 10.1 Å². The van der Waals surface area contributed by atoms with Gasteiger partial charge in [0.05, 0.1) is 12.8 Å². The minimum atomic E-state index is -0.583. The van der Waals surface area contributed by atoms with Crippen LogP contribution in [-0.4, -0.2) is 40.8 Å². The predicted octanol–water partition coefficient (Wildman–Crippen LogP) is 5.94. The fraction of sp³-hybridized carbons (Fsp3) is 0.222. The van der Waals surface area contributed by atoms with Crippen molar-refractivity contribution in [3.63, 3.8) is 0 Å². The summed E-state index contributed by atoms with van der Waals surface area (Å²) >= 11 is 7.25. The van der Waals surface area contributed by atoms with Crippen molar-refractivity contribution in [3.05, 3.63) is 89.4 Å². The largest absolute Gasteiger partial charge is 0.497 e. The summed E-state index contributed by atoms with van der Waals surface area (Å²) in [4.78, 5) is 32.6. The lowest BCUT2D eigenvalue weighted by Crippen LogP contribution is -2.45. The van der Waals surface area contributed by atoms with E-state index in [1.165, 1.54) is 17.3 Å². The average Bonchev–Trinajstić information content (AvgIpc) is 2.88. The molecule has 1 atom stereocenters. The van der Waals surface area contributed by atoms with Crippen molar-refractivity contribution < 1.29 is 14.3 Å². The van der Waals surface area contributed by atoms with Gasteiger partial charge >= 0.3 is 0 Å². The first kappa shape index (κ1) is 24.8. The molecule has 0 aliphatic carbocycles. The maximum atomic E-state index is 13.2. The van der Waals surface area contributed by atoms with E-state index in [1.807, 2.05) is 42.5 Å². The highest BCUT2D eigenvalue weighted by atomic mass is 35.5. The molecule has 1 saturated heterocycles. The topological polar surface area (TPSA) is 71.0 Å². The fourth-order valence-electron chi connectivity index (χ4n) is 3.67. The number of thioether (sulfide) groups is 1. The number of carbonyl (C=O) groups is 2. The van der Waals surface area contributed by atoms with Gasteiger partial charge < -0.3 is 10.1 Å². The zero-order valence-corrected chi connectivity index (χ0v) is 20.9. The van der Waals surface area contributed by atoms with Gasteiger partial charge in [0.2, 0.25) is 11.8 Å². The third-order valence-corrected chi connectivity index (χ3v) is 6.97. The number of methoxy groups -OCH3 is 1. The Labute approximate surface area is 214 Å². The van der Waals surface area contributed by atoms with E-state index in [0.717, 1.165) is 18.6 Å². The van der Waals surface area contributed by atoms with Gasteiger partial charge in [-0.05, 0) is 66.9 Å². The zero-order valence-electron chi connectivity index (χ0n) is 19.3. The number of hydrogen-bond acceptors (Lipinski definition) is 5. The predicted molar refractivity (Wildman–Crippen MR) is 143 cm³/mol. The average molecular weight is 508 g/mol. The molecule has 0 spiro atoms. The first-order chi connectivity index (χ1) is 17.0. The maximum Gasteiger partial charge on any atom is 0.238 e. The summed E-state index contributed by atoms with van der Waals surface area (Å²) in [5.41, 5.74) is 2.54. The normalized spacial score (nSPS) is 16.9. The van der Waals surface area contributed by atoms with E-state index in [2.05, 4.69) is 17.4 Å². The molecule has 0 bridgehead atoms. The summed E-state index contributed by atoms with van der Waals surface area (Å²) in [5, 5.41) is 3.41. The number of aliphatic imine (C=N–C) groups is 1. The quantitative estimate of drug-likeness (QED) is 0.409. The molecule has 1 heterocycles. The van der Waals surface area contributed by atoms with E-state index in [9.17, 15) is 9.59 Å². The molecular formula is C27H26ClN3O3S. The van der Waals surface area contributed by atoms with Crippen LogP contribution in [-0.2, 0) is 16.0 Å². The number of hydrogen-bond donors (Lipinski definition) is 1. The van der Waals surface area contributed by atoms with Crippen LogP contribution in [0, 0.1) is 0 Å². The van der Waals surface area contributed by atoms with Crippen LogP contribution in [0.15, 0.2) is 83.9 Å². The lowest BCUT2D eigenvalue weighted by molar-refractivity contribution is -0.129. The monoisotopic (exact) mass is 507 g/mol. The van der Waals surface area contributed by atoms with Crippen LogP contribution in [0.25, 0.3) is 0 Å². The summed E-state index contributed by atoms with van der Waals surface area (Å²) in [6.07, 6.45) is 1.75. The molecule has 35 heavy (non-hydrogen) atoms. The molecular weight excluding hydrogens is 482 g/mol. The van der Waals surface area contributed by atoms with Gasteiger partial charge in [-0.25, -0.2) is 4.99 Å². The van der Waals surface area contributed by atoms with Crippen molar-refractivity contribution in [1.29, 1.82) is 0 Å². The van der Waals surface area contributed by atoms with E-state index in [1.54, 1.807) is 36.3 Å². The molecule has 1 fully saturated rings. The smallest absolute Gasteiger partial charge is 0.238 e. The molecule has 0 saturated carbocycles. The molecule has 1 unspecified atom stereocenters. The van der Waals surface area contributed by atoms with Gasteiger partial charge in [-0.15, -0.1) is 0 Å². The standard InChI is InChI=1S/C27H26ClN3O3S/c1-34-23-15-13-22(14-16-23)30-27-31(17-5-8-19-6-3-2-4-7-19)25(32)18-24(35-27)26(33)29-21-11-9-20(28)10-12-21/h2-4,6-7,9-16,24H,5,8,17-18H2,1H3,(H,29,33). The van der Waals surface area contributed by atoms with Gasteiger partial charge in [-0.1, -0.05) is 53.7 Å². The van der Waals surface area contributed by atoms with Crippen LogP contribution in [0.1, 0.15) is 18.4 Å². The summed E-state index contributed by atoms with van der Waals surface area (Å²) in [6.45, 7) is 0.529. The van der Waals surface area contributed by atoms with Crippen LogP contribution in [0.2, 0.25) is 5.02 Å². The first-order valence-electron chi connectivity index (χ1n) is 11.3. The van der Waals surface area contributed by atoms with Gasteiger partial charge in [0, 0.05) is 23.7 Å². The van der Waals surface area contributed by atoms with Gasteiger partial charge in [0.25, 0.3) is 0 Å². The highest BCUT2D eigenvalue weighted by molar-refractivity contribution is 8.15. The molecule has 1 aliphatic heterocycles. The van der Waals surface area contributed by atoms with Crippen LogP contribution in [0.3, 0.4) is 0 Å². The highest BCUT2D eigenvalue weighted by Gasteiger charge is 2.35. The molecule has 4 rings (SSSR count). The Hall–Kier alpha value is -3.29. The van der Waals surface area contributed by atoms with Crippen molar-refractivity contribution in [2.24, 2.45) is 4.99 Å². The number of aryl methyl sites for hydroxylation is 1. The Balaban J connectivity index is 1.51. The van der Waals surface area contributed by atoms with Crippen LogP contribution in [0.5, 0.6) is 5.75 Å². The summed E-state index contributed by atoms with van der Waals surface area (Å²) < 4.78 is 5.23. The molecule has 0 radical (unpaired) electrons. The number of rotatable bonds is 8. The fourth-order valence-corrected chi connectivity index (χ4v) is 4.92. The van der Waals surface area contributed by atoms with E-state index in [0.29, 0.717) is 28.1 Å². The van der Waals surface area contributed by atoms with Crippen molar-refractivity contribution in [2.45, 2.75) is 24.5 Å². The minimum absolute atomic E-state index is 0.108. The second kappa shape index (κ2) is 11.9. The second-order valence-corrected chi connectivity index (χ2v) is 9.64. The van der Waals surface area contributed by atoms with E-state index in [4.69, 9.17) is 21.3 Å². The second-order valence-electron chi connectivity index (χ2n) is 8.03. The molecule has 3 aromatic rings. The number of anilines is 1. The Morgan fingerprint density at radius 1 is 1.09 bits per heavy atom. The molecule has 1 aliphatic rings. The van der Waals surface area contributed by atoms with Gasteiger partial charge in [0.15, 0.2) is 5.17 Å². The molecule has 0 aromatic heterocycles. The highest BCUT2D eigenvalue weighted by Crippen LogP contribution is 2.31. The molecule has 8 heteroatoms. The molecule has 3 aromatic carbocycles. The molecule has 1 N–H and O–H groups in total. The minimum Gasteiger partial charge on any atom is -0.497 e. The zero-order chi connectivity index (χ0) is 24.6. The third-order valence-electron chi connectivity index (χ3n) is 5.53. The van der Waals surface area contributed by atoms with E-state index in [-0.39, 0.29) is 18.2 Å². The van der Waals surface area contributed by atoms with Gasteiger partial charge in [-0.3, -0.25) is 14.5 Å². The number of nitrogens with one attached hydrogen (secondary N) is 1. The van der Waals surface area contributed by atoms with Crippen LogP contribution in [0.4, 0.5) is 11.4 Å². The number of nitrogens with zero attached hydrogens (tertiary/aromatic N) is 2. The van der Waals surface area contributed by atoms with E-state index >= 15 is 0 Å². The number of benzene rings is 3. The first-order valence-corrected chi connectivity index (χ1v) is 12.6. The Morgan fingerprint density at radius 2 is 1.80 bits per heavy atom. The number of amides is 2. The number of amidine groups is 1. The lowest BCUT2D eigenvalue weighted by atomic mass is 10.1. The number of halogens is 1. The molecule has 2 amide bonds. The molecule has 6 nitrogen and oxygen atoms in total.